The van der Waals surface area contributed by atoms with Crippen molar-refractivity contribution in [3.63, 3.8) is 0 Å². The molecule has 138 valence electrons. The number of hydrogen-bond acceptors (Lipinski definition) is 4. The SMILES string of the molecule is CS(=O)(=O)N(CC(=O)N1CCC(C(N)=O)CC1)c1cc(Cl)cc(Cl)c1. The highest BCUT2D eigenvalue weighted by Crippen LogP contribution is 2.27. The van der Waals surface area contributed by atoms with E-state index in [-0.39, 0.29) is 40.0 Å². The Labute approximate surface area is 156 Å². The van der Waals surface area contributed by atoms with Crippen molar-refractivity contribution < 1.29 is 18.0 Å². The number of benzene rings is 1. The maximum Gasteiger partial charge on any atom is 0.243 e. The van der Waals surface area contributed by atoms with Gasteiger partial charge >= 0.3 is 0 Å². The average Bonchev–Trinajstić information content (AvgIpc) is 2.50. The van der Waals surface area contributed by atoms with E-state index < -0.39 is 10.0 Å². The maximum atomic E-state index is 12.5. The standard InChI is InChI=1S/C15H19Cl2N3O4S/c1-25(23,24)20(13-7-11(16)6-12(17)8-13)9-14(21)19-4-2-10(3-5-19)15(18)22/h6-8,10H,2-5,9H2,1H3,(H2,18,22). The summed E-state index contributed by atoms with van der Waals surface area (Å²) in [5.74, 6) is -0.982. The van der Waals surface area contributed by atoms with E-state index >= 15 is 0 Å². The molecule has 1 aromatic carbocycles. The Morgan fingerprint density at radius 3 is 2.16 bits per heavy atom. The predicted octanol–water partition coefficient (Wildman–Crippen LogP) is 1.48. The smallest absolute Gasteiger partial charge is 0.243 e. The number of likely N-dealkylation sites (tertiary alicyclic amines) is 1. The van der Waals surface area contributed by atoms with E-state index in [0.29, 0.717) is 25.9 Å². The van der Waals surface area contributed by atoms with Crippen molar-refractivity contribution in [1.82, 2.24) is 4.90 Å². The molecular weight excluding hydrogens is 389 g/mol. The fourth-order valence-corrected chi connectivity index (χ4v) is 4.07. The lowest BCUT2D eigenvalue weighted by Crippen LogP contribution is -2.47. The number of carbonyl (C=O) groups excluding carboxylic acids is 2. The molecule has 0 saturated carbocycles. The van der Waals surface area contributed by atoms with Crippen LogP contribution >= 0.6 is 23.2 Å². The lowest BCUT2D eigenvalue weighted by Gasteiger charge is -2.32. The van der Waals surface area contributed by atoms with Crippen LogP contribution in [0.15, 0.2) is 18.2 Å². The highest BCUT2D eigenvalue weighted by atomic mass is 35.5. The number of sulfonamides is 1. The molecule has 1 aromatic rings. The highest BCUT2D eigenvalue weighted by Gasteiger charge is 2.29. The van der Waals surface area contributed by atoms with Crippen molar-refractivity contribution in [3.05, 3.63) is 28.2 Å². The molecule has 0 radical (unpaired) electrons. The van der Waals surface area contributed by atoms with Crippen LogP contribution in [0.5, 0.6) is 0 Å². The predicted molar refractivity (Wildman–Crippen MR) is 97.2 cm³/mol. The number of hydrogen-bond donors (Lipinski definition) is 1. The first-order valence-corrected chi connectivity index (χ1v) is 10.2. The summed E-state index contributed by atoms with van der Waals surface area (Å²) in [6, 6.07) is 4.34. The number of anilines is 1. The zero-order valence-corrected chi connectivity index (χ0v) is 15.9. The maximum absolute atomic E-state index is 12.5. The van der Waals surface area contributed by atoms with Gasteiger partial charge in [0, 0.05) is 29.1 Å². The summed E-state index contributed by atoms with van der Waals surface area (Å²) in [6.45, 7) is 0.359. The fourth-order valence-electron chi connectivity index (χ4n) is 2.72. The third-order valence-corrected chi connectivity index (χ3v) is 5.64. The third-order valence-electron chi connectivity index (χ3n) is 4.06. The van der Waals surface area contributed by atoms with Crippen molar-refractivity contribution >= 4 is 50.7 Å². The molecule has 0 aromatic heterocycles. The second kappa shape index (κ2) is 7.80. The molecule has 2 amide bonds. The number of carbonyl (C=O) groups is 2. The average molecular weight is 408 g/mol. The first-order chi connectivity index (χ1) is 11.6. The van der Waals surface area contributed by atoms with Gasteiger partial charge in [-0.1, -0.05) is 23.2 Å². The Kier molecular flexibility index (Phi) is 6.18. The molecule has 1 heterocycles. The van der Waals surface area contributed by atoms with E-state index in [1.54, 1.807) is 0 Å². The number of primary amides is 1. The van der Waals surface area contributed by atoms with Gasteiger partial charge in [-0.25, -0.2) is 8.42 Å². The van der Waals surface area contributed by atoms with E-state index in [1.165, 1.54) is 23.1 Å². The number of amides is 2. The van der Waals surface area contributed by atoms with Gasteiger partial charge in [-0.2, -0.15) is 0 Å². The summed E-state index contributed by atoms with van der Waals surface area (Å²) < 4.78 is 25.2. The number of nitrogens with zero attached hydrogens (tertiary/aromatic N) is 2. The Morgan fingerprint density at radius 2 is 1.72 bits per heavy atom. The Balaban J connectivity index is 2.16. The van der Waals surface area contributed by atoms with Crippen molar-refractivity contribution in [3.8, 4) is 0 Å². The highest BCUT2D eigenvalue weighted by molar-refractivity contribution is 7.92. The molecule has 0 bridgehead atoms. The fraction of sp³-hybridized carbons (Fsp3) is 0.467. The lowest BCUT2D eigenvalue weighted by molar-refractivity contribution is -0.133. The van der Waals surface area contributed by atoms with Crippen LogP contribution in [0.4, 0.5) is 5.69 Å². The molecule has 10 heteroatoms. The van der Waals surface area contributed by atoms with Crippen LogP contribution in [0.1, 0.15) is 12.8 Å². The van der Waals surface area contributed by atoms with Crippen molar-refractivity contribution in [2.45, 2.75) is 12.8 Å². The largest absolute Gasteiger partial charge is 0.369 e. The van der Waals surface area contributed by atoms with Gasteiger partial charge in [-0.15, -0.1) is 0 Å². The first kappa shape index (κ1) is 19.8. The van der Waals surface area contributed by atoms with Crippen molar-refractivity contribution in [1.29, 1.82) is 0 Å². The monoisotopic (exact) mass is 407 g/mol. The molecule has 0 spiro atoms. The molecule has 1 fully saturated rings. The zero-order valence-electron chi connectivity index (χ0n) is 13.6. The van der Waals surface area contributed by atoms with Crippen LogP contribution in [0.2, 0.25) is 10.0 Å². The molecule has 7 nitrogen and oxygen atoms in total. The van der Waals surface area contributed by atoms with Crippen LogP contribution in [0, 0.1) is 5.92 Å². The lowest BCUT2D eigenvalue weighted by atomic mass is 9.96. The van der Waals surface area contributed by atoms with Crippen LogP contribution in [-0.4, -0.2) is 51.0 Å². The molecule has 0 unspecified atom stereocenters. The second-order valence-corrected chi connectivity index (χ2v) is 8.73. The molecule has 2 rings (SSSR count). The molecule has 0 aliphatic carbocycles. The van der Waals surface area contributed by atoms with E-state index in [9.17, 15) is 18.0 Å². The summed E-state index contributed by atoms with van der Waals surface area (Å²) in [6.07, 6.45) is 1.96. The Hall–Kier alpha value is -1.51. The normalized spacial score (nSPS) is 15.9. The van der Waals surface area contributed by atoms with Gasteiger partial charge in [0.15, 0.2) is 0 Å². The molecule has 1 aliphatic heterocycles. The van der Waals surface area contributed by atoms with Crippen LogP contribution in [0.25, 0.3) is 0 Å². The van der Waals surface area contributed by atoms with Crippen molar-refractivity contribution in [2.75, 3.05) is 30.2 Å². The number of piperidine rings is 1. The summed E-state index contributed by atoms with van der Waals surface area (Å²) >= 11 is 11.9. The molecule has 0 atom stereocenters. The minimum absolute atomic E-state index is 0.223. The minimum atomic E-state index is -3.71. The topological polar surface area (TPSA) is 101 Å². The second-order valence-electron chi connectivity index (χ2n) is 5.95. The van der Waals surface area contributed by atoms with E-state index in [4.69, 9.17) is 28.9 Å². The quantitative estimate of drug-likeness (QED) is 0.798. The van der Waals surface area contributed by atoms with Gasteiger partial charge in [-0.05, 0) is 31.0 Å². The van der Waals surface area contributed by atoms with Gasteiger partial charge < -0.3 is 10.6 Å². The van der Waals surface area contributed by atoms with Gasteiger partial charge in [0.25, 0.3) is 0 Å². The Bertz CT molecular complexity index is 757. The van der Waals surface area contributed by atoms with Crippen LogP contribution < -0.4 is 10.0 Å². The molecule has 25 heavy (non-hydrogen) atoms. The Morgan fingerprint density at radius 1 is 1.20 bits per heavy atom. The van der Waals surface area contributed by atoms with E-state index in [1.807, 2.05) is 0 Å². The number of nitrogens with two attached hydrogens (primary N) is 1. The van der Waals surface area contributed by atoms with Crippen molar-refractivity contribution in [2.24, 2.45) is 11.7 Å². The number of halogens is 2. The van der Waals surface area contributed by atoms with Gasteiger partial charge in [0.1, 0.15) is 6.54 Å². The molecule has 1 aliphatic rings. The van der Waals surface area contributed by atoms with Crippen LogP contribution in [-0.2, 0) is 19.6 Å². The summed E-state index contributed by atoms with van der Waals surface area (Å²) in [5, 5.41) is 0.539. The van der Waals surface area contributed by atoms with Gasteiger partial charge in [0.2, 0.25) is 21.8 Å². The molecule has 2 N–H and O–H groups in total. The zero-order chi connectivity index (χ0) is 18.8. The van der Waals surface area contributed by atoms with Gasteiger partial charge in [-0.3, -0.25) is 13.9 Å². The van der Waals surface area contributed by atoms with Gasteiger partial charge in [0.05, 0.1) is 11.9 Å². The van der Waals surface area contributed by atoms with E-state index in [0.717, 1.165) is 10.6 Å². The third kappa shape index (κ3) is 5.23. The number of rotatable bonds is 5. The molecule has 1 saturated heterocycles. The first-order valence-electron chi connectivity index (χ1n) is 7.59. The van der Waals surface area contributed by atoms with E-state index in [2.05, 4.69) is 0 Å². The van der Waals surface area contributed by atoms with Crippen LogP contribution in [0.3, 0.4) is 0 Å². The minimum Gasteiger partial charge on any atom is -0.369 e. The summed E-state index contributed by atoms with van der Waals surface area (Å²) in [5.41, 5.74) is 5.50. The summed E-state index contributed by atoms with van der Waals surface area (Å²) in [7, 11) is -3.71. The summed E-state index contributed by atoms with van der Waals surface area (Å²) in [4.78, 5) is 25.2. The molecular formula is C15H19Cl2N3O4S.